The van der Waals surface area contributed by atoms with Gasteiger partial charge in [-0.05, 0) is 87.6 Å². The van der Waals surface area contributed by atoms with Crippen LogP contribution in [0.2, 0.25) is 0 Å². The van der Waals surface area contributed by atoms with Crippen molar-refractivity contribution in [3.8, 4) is 0 Å². The summed E-state index contributed by atoms with van der Waals surface area (Å²) in [4.78, 5) is 28.7. The monoisotopic (exact) mass is 549 g/mol. The maximum Gasteiger partial charge on any atom is 0.264 e. The van der Waals surface area contributed by atoms with E-state index < -0.39 is 28.5 Å². The number of anilines is 1. The maximum absolute atomic E-state index is 14.0. The molecule has 8 heteroatoms. The van der Waals surface area contributed by atoms with Crippen LogP contribution in [0.15, 0.2) is 77.7 Å². The Morgan fingerprint density at radius 3 is 2.10 bits per heavy atom. The number of nitrogens with zero attached hydrogens (tertiary/aromatic N) is 2. The Morgan fingerprint density at radius 2 is 1.49 bits per heavy atom. The SMILES string of the molecule is CC[C@@H](C)NC(=O)[C@H](C)N(Cc1ccccc1C)C(=O)CN(c1ccc(C)c(C)c1)S(=O)(=O)c1ccccc1. The number of sulfonamides is 1. The van der Waals surface area contributed by atoms with E-state index in [9.17, 15) is 18.0 Å². The first-order chi connectivity index (χ1) is 18.4. The van der Waals surface area contributed by atoms with Crippen LogP contribution in [0.3, 0.4) is 0 Å². The second-order valence-corrected chi connectivity index (χ2v) is 11.9. The third-order valence-electron chi connectivity index (χ3n) is 7.16. The number of aryl methyl sites for hydroxylation is 3. The van der Waals surface area contributed by atoms with E-state index in [1.165, 1.54) is 17.0 Å². The van der Waals surface area contributed by atoms with E-state index in [4.69, 9.17) is 0 Å². The summed E-state index contributed by atoms with van der Waals surface area (Å²) in [5, 5.41) is 2.96. The van der Waals surface area contributed by atoms with Crippen LogP contribution in [0.4, 0.5) is 5.69 Å². The fourth-order valence-corrected chi connectivity index (χ4v) is 5.58. The molecule has 3 aromatic rings. The average molecular weight is 550 g/mol. The molecule has 0 aliphatic carbocycles. The topological polar surface area (TPSA) is 86.8 Å². The first kappa shape index (κ1) is 29.9. The quantitative estimate of drug-likeness (QED) is 0.359. The van der Waals surface area contributed by atoms with Gasteiger partial charge in [0.1, 0.15) is 12.6 Å². The second-order valence-electron chi connectivity index (χ2n) is 10.0. The van der Waals surface area contributed by atoms with Crippen LogP contribution in [-0.2, 0) is 26.2 Å². The van der Waals surface area contributed by atoms with Crippen molar-refractivity contribution in [2.24, 2.45) is 0 Å². The largest absolute Gasteiger partial charge is 0.352 e. The number of benzene rings is 3. The molecule has 2 amide bonds. The van der Waals surface area contributed by atoms with Crippen LogP contribution < -0.4 is 9.62 Å². The van der Waals surface area contributed by atoms with Crippen LogP contribution >= 0.6 is 0 Å². The van der Waals surface area contributed by atoms with E-state index in [0.717, 1.165) is 33.0 Å². The molecule has 0 saturated heterocycles. The van der Waals surface area contributed by atoms with Gasteiger partial charge in [-0.25, -0.2) is 8.42 Å². The van der Waals surface area contributed by atoms with Crippen molar-refractivity contribution in [2.45, 2.75) is 71.5 Å². The summed E-state index contributed by atoms with van der Waals surface area (Å²) < 4.78 is 28.9. The number of carbonyl (C=O) groups excluding carboxylic acids is 2. The first-order valence-electron chi connectivity index (χ1n) is 13.2. The Kier molecular flexibility index (Phi) is 9.92. The normalized spacial score (nSPS) is 12.9. The van der Waals surface area contributed by atoms with E-state index in [1.807, 2.05) is 65.0 Å². The third-order valence-corrected chi connectivity index (χ3v) is 8.95. The highest BCUT2D eigenvalue weighted by atomic mass is 32.2. The van der Waals surface area contributed by atoms with Gasteiger partial charge in [-0.15, -0.1) is 0 Å². The van der Waals surface area contributed by atoms with Crippen molar-refractivity contribution in [1.29, 1.82) is 0 Å². The average Bonchev–Trinajstić information content (AvgIpc) is 2.92. The summed E-state index contributed by atoms with van der Waals surface area (Å²) >= 11 is 0. The van der Waals surface area contributed by atoms with Gasteiger partial charge in [0.25, 0.3) is 10.0 Å². The van der Waals surface area contributed by atoms with Gasteiger partial charge in [-0.2, -0.15) is 0 Å². The molecule has 7 nitrogen and oxygen atoms in total. The van der Waals surface area contributed by atoms with Gasteiger partial charge < -0.3 is 10.2 Å². The lowest BCUT2D eigenvalue weighted by molar-refractivity contribution is -0.139. The van der Waals surface area contributed by atoms with Crippen molar-refractivity contribution < 1.29 is 18.0 Å². The highest BCUT2D eigenvalue weighted by Crippen LogP contribution is 2.26. The summed E-state index contributed by atoms with van der Waals surface area (Å²) in [6.45, 7) is 11.1. The van der Waals surface area contributed by atoms with Crippen LogP contribution in [-0.4, -0.2) is 43.8 Å². The molecule has 0 unspecified atom stereocenters. The minimum atomic E-state index is -4.08. The molecular weight excluding hydrogens is 510 g/mol. The zero-order valence-corrected chi connectivity index (χ0v) is 24.5. The van der Waals surface area contributed by atoms with Crippen LogP contribution in [0.5, 0.6) is 0 Å². The van der Waals surface area contributed by atoms with Gasteiger partial charge >= 0.3 is 0 Å². The molecule has 3 rings (SSSR count). The van der Waals surface area contributed by atoms with Gasteiger partial charge in [-0.1, -0.05) is 55.5 Å². The number of rotatable bonds is 11. The Hall–Kier alpha value is -3.65. The van der Waals surface area contributed by atoms with Gasteiger partial charge in [0.2, 0.25) is 11.8 Å². The number of nitrogens with one attached hydrogen (secondary N) is 1. The summed E-state index contributed by atoms with van der Waals surface area (Å²) in [5.41, 5.74) is 4.18. The van der Waals surface area contributed by atoms with E-state index >= 15 is 0 Å². The van der Waals surface area contributed by atoms with Crippen molar-refractivity contribution in [2.75, 3.05) is 10.8 Å². The predicted molar refractivity (Wildman–Crippen MR) is 156 cm³/mol. The van der Waals surface area contributed by atoms with E-state index in [2.05, 4.69) is 5.32 Å². The minimum absolute atomic E-state index is 0.0548. The summed E-state index contributed by atoms with van der Waals surface area (Å²) in [7, 11) is -4.08. The number of amides is 2. The summed E-state index contributed by atoms with van der Waals surface area (Å²) in [5.74, 6) is -0.752. The van der Waals surface area contributed by atoms with E-state index in [1.54, 1.807) is 37.3 Å². The molecular formula is C31H39N3O4S. The first-order valence-corrected chi connectivity index (χ1v) is 14.7. The van der Waals surface area contributed by atoms with Crippen molar-refractivity contribution in [3.63, 3.8) is 0 Å². The number of hydrogen-bond acceptors (Lipinski definition) is 4. The molecule has 3 aromatic carbocycles. The fraction of sp³-hybridized carbons (Fsp3) is 0.355. The van der Waals surface area contributed by atoms with Gasteiger partial charge in [0.05, 0.1) is 10.6 Å². The molecule has 0 heterocycles. The number of carbonyl (C=O) groups is 2. The molecule has 0 saturated carbocycles. The molecule has 0 spiro atoms. The Labute approximate surface area is 232 Å². The van der Waals surface area contributed by atoms with Crippen molar-refractivity contribution in [3.05, 3.63) is 95.1 Å². The molecule has 1 N–H and O–H groups in total. The Bertz CT molecular complexity index is 1410. The molecule has 0 fully saturated rings. The van der Waals surface area contributed by atoms with Gasteiger partial charge in [0.15, 0.2) is 0 Å². The molecule has 0 bridgehead atoms. The zero-order chi connectivity index (χ0) is 28.7. The molecule has 0 aliphatic rings. The second kappa shape index (κ2) is 12.9. The molecule has 39 heavy (non-hydrogen) atoms. The highest BCUT2D eigenvalue weighted by molar-refractivity contribution is 7.92. The summed E-state index contributed by atoms with van der Waals surface area (Å²) in [6, 6.07) is 20.2. The lowest BCUT2D eigenvalue weighted by Crippen LogP contribution is -2.52. The zero-order valence-electron chi connectivity index (χ0n) is 23.6. The van der Waals surface area contributed by atoms with Crippen LogP contribution in [0, 0.1) is 20.8 Å². The van der Waals surface area contributed by atoms with Gasteiger partial charge in [0, 0.05) is 12.6 Å². The predicted octanol–water partition coefficient (Wildman–Crippen LogP) is 5.14. The molecule has 0 radical (unpaired) electrons. The Balaban J connectivity index is 2.05. The van der Waals surface area contributed by atoms with Crippen LogP contribution in [0.25, 0.3) is 0 Å². The van der Waals surface area contributed by atoms with Crippen molar-refractivity contribution in [1.82, 2.24) is 10.2 Å². The molecule has 0 aliphatic heterocycles. The minimum Gasteiger partial charge on any atom is -0.352 e. The maximum atomic E-state index is 14.0. The highest BCUT2D eigenvalue weighted by Gasteiger charge is 2.33. The van der Waals surface area contributed by atoms with Crippen LogP contribution in [0.1, 0.15) is 49.4 Å². The molecule has 0 aromatic heterocycles. The molecule has 2 atom stereocenters. The van der Waals surface area contributed by atoms with E-state index in [-0.39, 0.29) is 23.4 Å². The van der Waals surface area contributed by atoms with Crippen molar-refractivity contribution >= 4 is 27.5 Å². The fourth-order valence-electron chi connectivity index (χ4n) is 4.15. The number of hydrogen-bond donors (Lipinski definition) is 1. The Morgan fingerprint density at radius 1 is 0.846 bits per heavy atom. The standard InChI is InChI=1S/C31H39N3O4S/c1-7-25(5)32-31(36)26(6)33(20-27-14-12-11-13-23(27)3)30(35)21-34(28-18-17-22(2)24(4)19-28)39(37,38)29-15-9-8-10-16-29/h8-19,25-26H,7,20-21H2,1-6H3,(H,32,36)/t25-,26+/m1/s1. The lowest BCUT2D eigenvalue weighted by atomic mass is 10.1. The van der Waals surface area contributed by atoms with E-state index in [0.29, 0.717) is 5.69 Å². The third kappa shape index (κ3) is 7.26. The lowest BCUT2D eigenvalue weighted by Gasteiger charge is -2.33. The smallest absolute Gasteiger partial charge is 0.264 e. The van der Waals surface area contributed by atoms with Gasteiger partial charge in [-0.3, -0.25) is 13.9 Å². The summed E-state index contributed by atoms with van der Waals surface area (Å²) in [6.07, 6.45) is 0.750. The molecule has 208 valence electrons.